The molecule has 22 heavy (non-hydrogen) atoms. The molecule has 0 aliphatic rings. The molecule has 0 radical (unpaired) electrons. The maximum absolute atomic E-state index is 6.61. The summed E-state index contributed by atoms with van der Waals surface area (Å²) < 4.78 is 1.67. The van der Waals surface area contributed by atoms with Crippen LogP contribution in [0.3, 0.4) is 0 Å². The van der Waals surface area contributed by atoms with Gasteiger partial charge in [0.2, 0.25) is 0 Å². The summed E-state index contributed by atoms with van der Waals surface area (Å²) in [5.41, 5.74) is 3.81. The van der Waals surface area contributed by atoms with E-state index < -0.39 is 0 Å². The molecule has 0 fully saturated rings. The summed E-state index contributed by atoms with van der Waals surface area (Å²) in [6.45, 7) is 7.55. The number of halogens is 1. The van der Waals surface area contributed by atoms with Gasteiger partial charge in [-0.05, 0) is 11.4 Å². The molecule has 0 aliphatic carbocycles. The molecule has 3 rings (SSSR count). The van der Waals surface area contributed by atoms with Gasteiger partial charge in [-0.3, -0.25) is 0 Å². The SMILES string of the molecule is C=CC=C(C=C)c1nn(C)c2nnc(-c3ccsc3)c(Cl)c12. The Balaban J connectivity index is 2.35. The molecule has 3 aromatic rings. The lowest BCUT2D eigenvalue weighted by Gasteiger charge is -2.03. The monoisotopic (exact) mass is 328 g/mol. The van der Waals surface area contributed by atoms with Gasteiger partial charge in [-0.2, -0.15) is 16.4 Å². The highest BCUT2D eigenvalue weighted by atomic mass is 35.5. The van der Waals surface area contributed by atoms with Crippen molar-refractivity contribution in [2.75, 3.05) is 0 Å². The van der Waals surface area contributed by atoms with Crippen molar-refractivity contribution in [3.8, 4) is 11.3 Å². The predicted molar refractivity (Wildman–Crippen MR) is 93.0 cm³/mol. The quantitative estimate of drug-likeness (QED) is 0.662. The second kappa shape index (κ2) is 5.87. The average molecular weight is 329 g/mol. The van der Waals surface area contributed by atoms with Gasteiger partial charge in [0.05, 0.1) is 10.4 Å². The van der Waals surface area contributed by atoms with Crippen LogP contribution < -0.4 is 0 Å². The summed E-state index contributed by atoms with van der Waals surface area (Å²) in [6.07, 6.45) is 5.26. The number of thiophene rings is 1. The van der Waals surface area contributed by atoms with Crippen molar-refractivity contribution in [1.29, 1.82) is 0 Å². The molecule has 0 aromatic carbocycles. The maximum atomic E-state index is 6.61. The van der Waals surface area contributed by atoms with Crippen molar-refractivity contribution < 1.29 is 0 Å². The van der Waals surface area contributed by atoms with Gasteiger partial charge in [0.25, 0.3) is 0 Å². The van der Waals surface area contributed by atoms with Crippen LogP contribution in [0.1, 0.15) is 5.69 Å². The Morgan fingerprint density at radius 2 is 2.18 bits per heavy atom. The zero-order valence-electron chi connectivity index (χ0n) is 12.0. The maximum Gasteiger partial charge on any atom is 0.182 e. The van der Waals surface area contributed by atoms with Crippen LogP contribution in [0.25, 0.3) is 27.9 Å². The Morgan fingerprint density at radius 1 is 1.36 bits per heavy atom. The normalized spacial score (nSPS) is 11.8. The minimum atomic E-state index is 0.545. The molecule has 4 nitrogen and oxygen atoms in total. The van der Waals surface area contributed by atoms with Crippen molar-refractivity contribution in [2.45, 2.75) is 0 Å². The van der Waals surface area contributed by atoms with Gasteiger partial charge in [-0.1, -0.05) is 43.0 Å². The molecule has 3 heterocycles. The van der Waals surface area contributed by atoms with Crippen molar-refractivity contribution in [2.24, 2.45) is 7.05 Å². The molecule has 0 aliphatic heterocycles. The number of hydrogen-bond acceptors (Lipinski definition) is 4. The molecule has 0 bridgehead atoms. The number of aryl methyl sites for hydroxylation is 1. The van der Waals surface area contributed by atoms with Crippen LogP contribution in [0.5, 0.6) is 0 Å². The predicted octanol–water partition coefficient (Wildman–Crippen LogP) is 4.50. The van der Waals surface area contributed by atoms with Crippen LogP contribution in [0.2, 0.25) is 5.02 Å². The van der Waals surface area contributed by atoms with E-state index in [9.17, 15) is 0 Å². The Bertz CT molecular complexity index is 891. The molecule has 0 unspecified atom stereocenters. The second-order valence-corrected chi connectivity index (χ2v) is 5.77. The smallest absolute Gasteiger partial charge is 0.182 e. The highest BCUT2D eigenvalue weighted by Gasteiger charge is 2.19. The largest absolute Gasteiger partial charge is 0.248 e. The summed E-state index contributed by atoms with van der Waals surface area (Å²) in [5.74, 6) is 0. The number of allylic oxidation sites excluding steroid dienone is 4. The zero-order chi connectivity index (χ0) is 15.7. The Hall–Kier alpha value is -2.24. The van der Waals surface area contributed by atoms with E-state index in [1.807, 2.05) is 30.0 Å². The lowest BCUT2D eigenvalue weighted by molar-refractivity contribution is 0.774. The molecule has 0 saturated carbocycles. The highest BCUT2D eigenvalue weighted by molar-refractivity contribution is 7.08. The molecule has 0 saturated heterocycles. The first kappa shape index (κ1) is 14.7. The molecule has 110 valence electrons. The van der Waals surface area contributed by atoms with Crippen LogP contribution >= 0.6 is 22.9 Å². The van der Waals surface area contributed by atoms with E-state index in [4.69, 9.17) is 11.6 Å². The summed E-state index contributed by atoms with van der Waals surface area (Å²) in [7, 11) is 1.82. The van der Waals surface area contributed by atoms with Gasteiger partial charge in [0.1, 0.15) is 11.4 Å². The average Bonchev–Trinajstić information content (AvgIpc) is 3.14. The van der Waals surface area contributed by atoms with E-state index in [1.165, 1.54) is 0 Å². The van der Waals surface area contributed by atoms with Gasteiger partial charge in [-0.25, -0.2) is 4.68 Å². The van der Waals surface area contributed by atoms with Gasteiger partial charge < -0.3 is 0 Å². The Morgan fingerprint density at radius 3 is 2.82 bits per heavy atom. The lowest BCUT2D eigenvalue weighted by Crippen LogP contribution is -1.95. The van der Waals surface area contributed by atoms with E-state index in [0.717, 1.165) is 22.2 Å². The fraction of sp³-hybridized carbons (Fsp3) is 0.0625. The summed E-state index contributed by atoms with van der Waals surface area (Å²) in [5, 5.41) is 18.3. The lowest BCUT2D eigenvalue weighted by atomic mass is 10.1. The van der Waals surface area contributed by atoms with Crippen LogP contribution in [0.15, 0.2) is 48.2 Å². The van der Waals surface area contributed by atoms with E-state index in [1.54, 1.807) is 28.2 Å². The summed E-state index contributed by atoms with van der Waals surface area (Å²) >= 11 is 8.20. The first-order valence-electron chi connectivity index (χ1n) is 6.54. The third kappa shape index (κ3) is 2.28. The minimum absolute atomic E-state index is 0.545. The first-order chi connectivity index (χ1) is 10.7. The fourth-order valence-electron chi connectivity index (χ4n) is 2.25. The highest BCUT2D eigenvalue weighted by Crippen LogP contribution is 2.36. The van der Waals surface area contributed by atoms with Crippen molar-refractivity contribution >= 4 is 39.5 Å². The van der Waals surface area contributed by atoms with E-state index in [2.05, 4.69) is 28.5 Å². The van der Waals surface area contributed by atoms with Gasteiger partial charge >= 0.3 is 0 Å². The molecule has 3 aromatic heterocycles. The zero-order valence-corrected chi connectivity index (χ0v) is 13.5. The topological polar surface area (TPSA) is 43.6 Å². The van der Waals surface area contributed by atoms with Gasteiger partial charge in [0, 0.05) is 23.6 Å². The van der Waals surface area contributed by atoms with Gasteiger partial charge in [0.15, 0.2) is 5.65 Å². The summed E-state index contributed by atoms with van der Waals surface area (Å²) in [6, 6.07) is 1.97. The Kier molecular flexibility index (Phi) is 3.92. The van der Waals surface area contributed by atoms with Crippen LogP contribution in [0.4, 0.5) is 0 Å². The van der Waals surface area contributed by atoms with Crippen molar-refractivity contribution in [3.63, 3.8) is 0 Å². The molecular formula is C16H13ClN4S. The number of nitrogens with zero attached hydrogens (tertiary/aromatic N) is 4. The number of rotatable bonds is 4. The molecule has 6 heteroatoms. The van der Waals surface area contributed by atoms with E-state index in [0.29, 0.717) is 16.4 Å². The minimum Gasteiger partial charge on any atom is -0.248 e. The number of hydrogen-bond donors (Lipinski definition) is 0. The molecule has 0 amide bonds. The summed E-state index contributed by atoms with van der Waals surface area (Å²) in [4.78, 5) is 0. The van der Waals surface area contributed by atoms with E-state index >= 15 is 0 Å². The van der Waals surface area contributed by atoms with Crippen LogP contribution in [-0.2, 0) is 7.05 Å². The third-order valence-electron chi connectivity index (χ3n) is 3.27. The Labute approximate surface area is 137 Å². The van der Waals surface area contributed by atoms with Gasteiger partial charge in [-0.15, -0.1) is 10.2 Å². The number of aromatic nitrogens is 4. The van der Waals surface area contributed by atoms with Crippen LogP contribution in [0, 0.1) is 0 Å². The number of fused-ring (bicyclic) bond motifs is 1. The fourth-order valence-corrected chi connectivity index (χ4v) is 3.21. The molecular weight excluding hydrogens is 316 g/mol. The first-order valence-corrected chi connectivity index (χ1v) is 7.86. The third-order valence-corrected chi connectivity index (χ3v) is 4.33. The van der Waals surface area contributed by atoms with Crippen LogP contribution in [-0.4, -0.2) is 20.0 Å². The van der Waals surface area contributed by atoms with Crippen molar-refractivity contribution in [1.82, 2.24) is 20.0 Å². The molecule has 0 spiro atoms. The second-order valence-electron chi connectivity index (χ2n) is 4.61. The standard InChI is InChI=1S/C16H13ClN4S/c1-4-6-10(5-2)14-12-13(17)15(11-7-8-22-9-11)18-19-16(12)21(3)20-14/h4-9H,1-2H2,3H3. The van der Waals surface area contributed by atoms with Crippen molar-refractivity contribution in [3.05, 3.63) is 58.9 Å². The van der Waals surface area contributed by atoms with E-state index in [-0.39, 0.29) is 0 Å². The molecule has 0 atom stereocenters. The molecule has 0 N–H and O–H groups in total.